The first kappa shape index (κ1) is 10.7. The van der Waals surface area contributed by atoms with Gasteiger partial charge in [-0.2, -0.15) is 0 Å². The zero-order valence-corrected chi connectivity index (χ0v) is 9.59. The normalized spacial score (nSPS) is 18.8. The molecule has 1 aromatic carbocycles. The van der Waals surface area contributed by atoms with E-state index in [-0.39, 0.29) is 12.1 Å². The van der Waals surface area contributed by atoms with Crippen molar-refractivity contribution in [3.63, 3.8) is 0 Å². The fourth-order valence-corrected chi connectivity index (χ4v) is 1.96. The van der Waals surface area contributed by atoms with Crippen LogP contribution >= 0.6 is 0 Å². The highest BCUT2D eigenvalue weighted by atomic mass is 16.3. The highest BCUT2D eigenvalue weighted by Gasteiger charge is 2.21. The minimum absolute atomic E-state index is 0.224. The summed E-state index contributed by atoms with van der Waals surface area (Å²) in [5.74, 6) is 0.721. The molecule has 4 heteroatoms. The van der Waals surface area contributed by atoms with Crippen LogP contribution in [0.15, 0.2) is 59.2 Å². The van der Waals surface area contributed by atoms with E-state index in [9.17, 15) is 4.79 Å². The highest BCUT2D eigenvalue weighted by molar-refractivity contribution is 5.88. The van der Waals surface area contributed by atoms with Crippen LogP contribution in [-0.2, 0) is 0 Å². The molecule has 2 amide bonds. The predicted octanol–water partition coefficient (Wildman–Crippen LogP) is 2.67. The summed E-state index contributed by atoms with van der Waals surface area (Å²) in [5, 5.41) is 5.59. The number of benzene rings is 1. The van der Waals surface area contributed by atoms with Gasteiger partial charge in [-0.1, -0.05) is 30.3 Å². The minimum Gasteiger partial charge on any atom is -0.467 e. The summed E-state index contributed by atoms with van der Waals surface area (Å²) in [6.45, 7) is 0. The Labute approximate surface area is 104 Å². The second-order valence-corrected chi connectivity index (χ2v) is 4.04. The maximum atomic E-state index is 11.6. The largest absolute Gasteiger partial charge is 0.467 e. The van der Waals surface area contributed by atoms with Gasteiger partial charge in [-0.15, -0.1) is 0 Å². The minimum atomic E-state index is -0.232. The zero-order valence-electron chi connectivity index (χ0n) is 9.59. The van der Waals surface area contributed by atoms with Gasteiger partial charge in [0.15, 0.2) is 0 Å². The summed E-state index contributed by atoms with van der Waals surface area (Å²) in [6.07, 6.45) is 3.54. The van der Waals surface area contributed by atoms with Crippen molar-refractivity contribution in [3.05, 3.63) is 66.1 Å². The van der Waals surface area contributed by atoms with Crippen LogP contribution < -0.4 is 10.6 Å². The summed E-state index contributed by atoms with van der Waals surface area (Å²) < 4.78 is 5.32. The number of nitrogens with one attached hydrogen (secondary N) is 2. The van der Waals surface area contributed by atoms with Gasteiger partial charge in [0.2, 0.25) is 0 Å². The fourth-order valence-electron chi connectivity index (χ4n) is 1.96. The molecule has 1 unspecified atom stereocenters. The number of amides is 2. The van der Waals surface area contributed by atoms with Crippen molar-refractivity contribution in [2.75, 3.05) is 0 Å². The quantitative estimate of drug-likeness (QED) is 0.847. The van der Waals surface area contributed by atoms with E-state index in [1.54, 1.807) is 12.3 Å². The Morgan fingerprint density at radius 3 is 2.61 bits per heavy atom. The van der Waals surface area contributed by atoms with Crippen LogP contribution in [0.4, 0.5) is 4.79 Å². The fraction of sp³-hybridized carbons (Fsp3) is 0.0714. The molecule has 1 aliphatic rings. The number of carbonyl (C=O) groups is 1. The lowest BCUT2D eigenvalue weighted by atomic mass is 10.1. The van der Waals surface area contributed by atoms with Crippen LogP contribution in [0, 0.1) is 0 Å². The number of hydrogen-bond acceptors (Lipinski definition) is 2. The summed E-state index contributed by atoms with van der Waals surface area (Å²) in [6, 6.07) is 12.9. The molecule has 0 spiro atoms. The molecule has 18 heavy (non-hydrogen) atoms. The van der Waals surface area contributed by atoms with E-state index >= 15 is 0 Å². The van der Waals surface area contributed by atoms with E-state index in [1.165, 1.54) is 0 Å². The van der Waals surface area contributed by atoms with Gasteiger partial charge in [0.05, 0.1) is 6.26 Å². The molecule has 0 saturated carbocycles. The Kier molecular flexibility index (Phi) is 2.61. The van der Waals surface area contributed by atoms with Crippen LogP contribution in [0.3, 0.4) is 0 Å². The lowest BCUT2D eigenvalue weighted by Gasteiger charge is -2.22. The lowest BCUT2D eigenvalue weighted by Crippen LogP contribution is -2.40. The van der Waals surface area contributed by atoms with E-state index in [0.29, 0.717) is 0 Å². The maximum Gasteiger partial charge on any atom is 0.320 e. The molecule has 2 N–H and O–H groups in total. The molecule has 0 fully saturated rings. The van der Waals surface area contributed by atoms with Crippen molar-refractivity contribution in [2.45, 2.75) is 6.04 Å². The molecule has 4 nitrogen and oxygen atoms in total. The van der Waals surface area contributed by atoms with Crippen LogP contribution in [-0.4, -0.2) is 6.03 Å². The first-order valence-electron chi connectivity index (χ1n) is 5.71. The summed E-state index contributed by atoms with van der Waals surface area (Å²) >= 11 is 0. The molecule has 0 saturated heterocycles. The second kappa shape index (κ2) is 4.41. The molecular weight excluding hydrogens is 228 g/mol. The third-order valence-corrected chi connectivity index (χ3v) is 2.80. The van der Waals surface area contributed by atoms with Gasteiger partial charge < -0.3 is 15.1 Å². The van der Waals surface area contributed by atoms with Crippen molar-refractivity contribution < 1.29 is 9.21 Å². The SMILES string of the molecule is O=C1NC(c2ccccc2)=CC(c2ccco2)N1. The number of carbonyl (C=O) groups excluding carboxylic acids is 1. The summed E-state index contributed by atoms with van der Waals surface area (Å²) in [7, 11) is 0. The van der Waals surface area contributed by atoms with E-state index in [2.05, 4.69) is 10.6 Å². The van der Waals surface area contributed by atoms with Gasteiger partial charge in [-0.25, -0.2) is 4.79 Å². The average molecular weight is 240 g/mol. The molecule has 1 aliphatic heterocycles. The Morgan fingerprint density at radius 2 is 1.89 bits per heavy atom. The van der Waals surface area contributed by atoms with E-state index < -0.39 is 0 Å². The third-order valence-electron chi connectivity index (χ3n) is 2.80. The van der Waals surface area contributed by atoms with Gasteiger partial charge in [0, 0.05) is 5.70 Å². The highest BCUT2D eigenvalue weighted by Crippen LogP contribution is 2.23. The van der Waals surface area contributed by atoms with E-state index in [0.717, 1.165) is 17.0 Å². The lowest BCUT2D eigenvalue weighted by molar-refractivity contribution is 0.240. The summed E-state index contributed by atoms with van der Waals surface area (Å²) in [5.41, 5.74) is 1.77. The molecule has 1 atom stereocenters. The predicted molar refractivity (Wildman–Crippen MR) is 67.5 cm³/mol. The molecule has 1 aromatic heterocycles. The van der Waals surface area contributed by atoms with Crippen molar-refractivity contribution >= 4 is 11.7 Å². The second-order valence-electron chi connectivity index (χ2n) is 4.04. The monoisotopic (exact) mass is 240 g/mol. The van der Waals surface area contributed by atoms with Gasteiger partial charge in [-0.05, 0) is 23.8 Å². The third kappa shape index (κ3) is 2.00. The smallest absolute Gasteiger partial charge is 0.320 e. The molecule has 0 aliphatic carbocycles. The van der Waals surface area contributed by atoms with Crippen LogP contribution in [0.5, 0.6) is 0 Å². The molecule has 2 aromatic rings. The van der Waals surface area contributed by atoms with Gasteiger partial charge in [0.25, 0.3) is 0 Å². The Morgan fingerprint density at radius 1 is 1.06 bits per heavy atom. The molecule has 90 valence electrons. The molecule has 0 radical (unpaired) electrons. The van der Waals surface area contributed by atoms with Crippen LogP contribution in [0.25, 0.3) is 5.70 Å². The average Bonchev–Trinajstić information content (AvgIpc) is 2.93. The Balaban J connectivity index is 1.97. The van der Waals surface area contributed by atoms with Gasteiger partial charge in [0.1, 0.15) is 11.8 Å². The van der Waals surface area contributed by atoms with E-state index in [4.69, 9.17) is 4.42 Å². The van der Waals surface area contributed by atoms with Crippen molar-refractivity contribution in [1.29, 1.82) is 0 Å². The summed E-state index contributed by atoms with van der Waals surface area (Å²) in [4.78, 5) is 11.6. The number of rotatable bonds is 2. The number of furan rings is 1. The van der Waals surface area contributed by atoms with Crippen molar-refractivity contribution in [3.8, 4) is 0 Å². The Bertz CT molecular complexity index is 573. The first-order chi connectivity index (χ1) is 8.83. The van der Waals surface area contributed by atoms with E-state index in [1.807, 2.05) is 42.5 Å². The maximum absolute atomic E-state index is 11.6. The molecule has 2 heterocycles. The first-order valence-corrected chi connectivity index (χ1v) is 5.71. The van der Waals surface area contributed by atoms with Crippen LogP contribution in [0.1, 0.15) is 17.4 Å². The van der Waals surface area contributed by atoms with Gasteiger partial charge >= 0.3 is 6.03 Å². The molecular formula is C14H12N2O2. The Hall–Kier alpha value is -2.49. The molecule has 0 bridgehead atoms. The van der Waals surface area contributed by atoms with Gasteiger partial charge in [-0.3, -0.25) is 0 Å². The number of urea groups is 1. The standard InChI is InChI=1S/C14H12N2O2/c17-14-15-11(10-5-2-1-3-6-10)9-12(16-14)13-7-4-8-18-13/h1-9,12H,(H2,15,16,17). The molecule has 3 rings (SSSR count). The van der Waals surface area contributed by atoms with Crippen molar-refractivity contribution in [1.82, 2.24) is 10.6 Å². The zero-order chi connectivity index (χ0) is 12.4. The van der Waals surface area contributed by atoms with Crippen molar-refractivity contribution in [2.24, 2.45) is 0 Å². The topological polar surface area (TPSA) is 54.3 Å². The van der Waals surface area contributed by atoms with Crippen LogP contribution in [0.2, 0.25) is 0 Å². The number of hydrogen-bond donors (Lipinski definition) is 2.